The van der Waals surface area contributed by atoms with Crippen LogP contribution in [-0.2, 0) is 10.2 Å². The lowest BCUT2D eigenvalue weighted by Crippen LogP contribution is -2.44. The van der Waals surface area contributed by atoms with Gasteiger partial charge in [0.1, 0.15) is 5.78 Å². The molecule has 0 heterocycles. The van der Waals surface area contributed by atoms with E-state index in [0.717, 1.165) is 25.7 Å². The number of carbonyl (C=O) groups is 1. The van der Waals surface area contributed by atoms with Gasteiger partial charge in [-0.1, -0.05) is 56.0 Å². The molecule has 0 amide bonds. The van der Waals surface area contributed by atoms with Gasteiger partial charge in [0, 0.05) is 17.3 Å². The van der Waals surface area contributed by atoms with Crippen molar-refractivity contribution >= 4 is 5.78 Å². The molecule has 1 spiro atoms. The first-order chi connectivity index (χ1) is 9.08. The Hall–Kier alpha value is -1.11. The predicted molar refractivity (Wildman–Crippen MR) is 78.3 cm³/mol. The molecule has 1 nitrogen and oxygen atoms in total. The fraction of sp³-hybridized carbons (Fsp3) is 0.611. The lowest BCUT2D eigenvalue weighted by atomic mass is 9.57. The first-order valence-corrected chi connectivity index (χ1v) is 7.69. The fourth-order valence-corrected chi connectivity index (χ4v) is 4.48. The fourth-order valence-electron chi connectivity index (χ4n) is 4.48. The molecule has 0 bridgehead atoms. The first-order valence-electron chi connectivity index (χ1n) is 7.69. The molecule has 2 fully saturated rings. The van der Waals surface area contributed by atoms with Crippen LogP contribution in [-0.4, -0.2) is 5.78 Å². The number of hydrogen-bond acceptors (Lipinski definition) is 1. The van der Waals surface area contributed by atoms with Crippen LogP contribution in [0.4, 0.5) is 0 Å². The Balaban J connectivity index is 2.05. The van der Waals surface area contributed by atoms with E-state index < -0.39 is 0 Å². The minimum Gasteiger partial charge on any atom is -0.299 e. The van der Waals surface area contributed by atoms with Gasteiger partial charge in [-0.25, -0.2) is 0 Å². The van der Waals surface area contributed by atoms with Crippen LogP contribution in [0.25, 0.3) is 0 Å². The zero-order chi connectivity index (χ0) is 13.5. The smallest absolute Gasteiger partial charge is 0.139 e. The van der Waals surface area contributed by atoms with Crippen molar-refractivity contribution in [2.24, 2.45) is 5.41 Å². The van der Waals surface area contributed by atoms with Gasteiger partial charge in [0.15, 0.2) is 0 Å². The summed E-state index contributed by atoms with van der Waals surface area (Å²) in [4.78, 5) is 12.6. The van der Waals surface area contributed by atoms with Gasteiger partial charge in [0.25, 0.3) is 0 Å². The lowest BCUT2D eigenvalue weighted by molar-refractivity contribution is -0.129. The Morgan fingerprint density at radius 3 is 2.21 bits per heavy atom. The van der Waals surface area contributed by atoms with Gasteiger partial charge < -0.3 is 0 Å². The number of benzene rings is 1. The highest BCUT2D eigenvalue weighted by Crippen LogP contribution is 2.58. The first kappa shape index (κ1) is 12.9. The molecule has 0 aliphatic heterocycles. The normalized spacial score (nSPS) is 29.9. The highest BCUT2D eigenvalue weighted by Gasteiger charge is 2.57. The van der Waals surface area contributed by atoms with Crippen LogP contribution in [0.15, 0.2) is 24.3 Å². The number of ketones is 1. The highest BCUT2D eigenvalue weighted by atomic mass is 16.1. The molecule has 2 aliphatic carbocycles. The van der Waals surface area contributed by atoms with Crippen LogP contribution in [0.5, 0.6) is 0 Å². The highest BCUT2D eigenvalue weighted by molar-refractivity contribution is 5.89. The molecule has 1 aromatic carbocycles. The van der Waals surface area contributed by atoms with E-state index in [4.69, 9.17) is 0 Å². The van der Waals surface area contributed by atoms with Crippen molar-refractivity contribution in [1.82, 2.24) is 0 Å². The van der Waals surface area contributed by atoms with Crippen molar-refractivity contribution in [2.75, 3.05) is 0 Å². The van der Waals surface area contributed by atoms with Crippen LogP contribution < -0.4 is 0 Å². The molecule has 0 radical (unpaired) electrons. The lowest BCUT2D eigenvalue weighted by Gasteiger charge is -2.45. The third-order valence-corrected chi connectivity index (χ3v) is 5.84. The molecule has 0 aromatic heterocycles. The zero-order valence-corrected chi connectivity index (χ0v) is 12.2. The molecule has 1 unspecified atom stereocenters. The summed E-state index contributed by atoms with van der Waals surface area (Å²) in [5.41, 5.74) is 2.69. The Kier molecular flexibility index (Phi) is 3.03. The maximum atomic E-state index is 12.6. The van der Waals surface area contributed by atoms with E-state index in [1.807, 2.05) is 0 Å². The van der Waals surface area contributed by atoms with Crippen LogP contribution in [0.2, 0.25) is 0 Å². The second kappa shape index (κ2) is 4.47. The van der Waals surface area contributed by atoms with Crippen LogP contribution in [0, 0.1) is 12.3 Å². The summed E-state index contributed by atoms with van der Waals surface area (Å²) in [6.07, 6.45) is 7.80. The molecule has 1 atom stereocenters. The summed E-state index contributed by atoms with van der Waals surface area (Å²) in [7, 11) is 0. The van der Waals surface area contributed by atoms with E-state index in [1.54, 1.807) is 0 Å². The molecule has 2 aliphatic rings. The van der Waals surface area contributed by atoms with E-state index >= 15 is 0 Å². The van der Waals surface area contributed by atoms with Crippen molar-refractivity contribution in [1.29, 1.82) is 0 Å². The summed E-state index contributed by atoms with van der Waals surface area (Å²) in [5.74, 6) is 0.537. The molecule has 0 N–H and O–H groups in total. The molecular formula is C18H24O. The number of Topliss-reactive ketones (excluding diaryl/α,β-unsaturated/α-hetero) is 1. The Labute approximate surface area is 116 Å². The van der Waals surface area contributed by atoms with Gasteiger partial charge in [-0.05, 0) is 31.7 Å². The van der Waals surface area contributed by atoms with Crippen LogP contribution >= 0.6 is 0 Å². The van der Waals surface area contributed by atoms with E-state index in [-0.39, 0.29) is 10.8 Å². The summed E-state index contributed by atoms with van der Waals surface area (Å²) < 4.78 is 0. The molecule has 1 aromatic rings. The molecular weight excluding hydrogens is 232 g/mol. The van der Waals surface area contributed by atoms with E-state index in [9.17, 15) is 4.79 Å². The van der Waals surface area contributed by atoms with Crippen LogP contribution in [0.3, 0.4) is 0 Å². The van der Waals surface area contributed by atoms with Gasteiger partial charge >= 0.3 is 0 Å². The summed E-state index contributed by atoms with van der Waals surface area (Å²) in [5, 5.41) is 0. The van der Waals surface area contributed by atoms with Crippen molar-refractivity contribution in [3.8, 4) is 0 Å². The summed E-state index contributed by atoms with van der Waals surface area (Å²) >= 11 is 0. The minimum absolute atomic E-state index is 0.0551. The molecule has 19 heavy (non-hydrogen) atoms. The summed E-state index contributed by atoms with van der Waals surface area (Å²) in [6.45, 7) is 4.47. The molecule has 2 saturated carbocycles. The monoisotopic (exact) mass is 256 g/mol. The average Bonchev–Trinajstić information content (AvgIpc) is 2.67. The van der Waals surface area contributed by atoms with E-state index in [2.05, 4.69) is 38.1 Å². The second-order valence-electron chi connectivity index (χ2n) is 6.76. The molecule has 1 heteroatoms. The number of carbonyl (C=O) groups excluding carboxylic acids is 1. The van der Waals surface area contributed by atoms with E-state index in [0.29, 0.717) is 5.78 Å². The average molecular weight is 256 g/mol. The van der Waals surface area contributed by atoms with Crippen molar-refractivity contribution < 1.29 is 4.79 Å². The topological polar surface area (TPSA) is 17.1 Å². The van der Waals surface area contributed by atoms with Crippen molar-refractivity contribution in [3.63, 3.8) is 0 Å². The number of aryl methyl sites for hydroxylation is 1. The standard InChI is InChI=1S/C18H24O/c1-14-6-8-15(9-7-14)17(2)13-10-16(19)18(17)11-4-3-5-12-18/h6-9H,3-5,10-13H2,1-2H3. The minimum atomic E-state index is -0.0551. The molecule has 3 rings (SSSR count). The molecule has 0 saturated heterocycles. The van der Waals surface area contributed by atoms with Gasteiger partial charge in [0.2, 0.25) is 0 Å². The van der Waals surface area contributed by atoms with Gasteiger partial charge in [-0.2, -0.15) is 0 Å². The maximum absolute atomic E-state index is 12.6. The molecule has 102 valence electrons. The second-order valence-corrected chi connectivity index (χ2v) is 6.76. The predicted octanol–water partition coefficient (Wildman–Crippen LogP) is 4.57. The van der Waals surface area contributed by atoms with E-state index in [1.165, 1.54) is 30.4 Å². The van der Waals surface area contributed by atoms with Crippen molar-refractivity contribution in [3.05, 3.63) is 35.4 Å². The Bertz CT molecular complexity index is 479. The van der Waals surface area contributed by atoms with Gasteiger partial charge in [-0.3, -0.25) is 4.79 Å². The maximum Gasteiger partial charge on any atom is 0.139 e. The van der Waals surface area contributed by atoms with Gasteiger partial charge in [-0.15, -0.1) is 0 Å². The summed E-state index contributed by atoms with van der Waals surface area (Å²) in [6, 6.07) is 8.90. The van der Waals surface area contributed by atoms with Crippen molar-refractivity contribution in [2.45, 2.75) is 64.2 Å². The largest absolute Gasteiger partial charge is 0.299 e. The van der Waals surface area contributed by atoms with Crippen LogP contribution in [0.1, 0.15) is 63.0 Å². The van der Waals surface area contributed by atoms with Gasteiger partial charge in [0.05, 0.1) is 0 Å². The zero-order valence-electron chi connectivity index (χ0n) is 12.2. The SMILES string of the molecule is Cc1ccc(C2(C)CCC(=O)C23CCCCC3)cc1. The Morgan fingerprint density at radius 1 is 0.947 bits per heavy atom. The number of rotatable bonds is 1. The Morgan fingerprint density at radius 2 is 1.58 bits per heavy atom. The third kappa shape index (κ3) is 1.78. The number of hydrogen-bond donors (Lipinski definition) is 0. The quantitative estimate of drug-likeness (QED) is 0.719. The third-order valence-electron chi connectivity index (χ3n) is 5.84.